The summed E-state index contributed by atoms with van der Waals surface area (Å²) in [4.78, 5) is 14.1. The van der Waals surface area contributed by atoms with E-state index in [-0.39, 0.29) is 18.1 Å². The van der Waals surface area contributed by atoms with E-state index in [1.54, 1.807) is 12.0 Å². The van der Waals surface area contributed by atoms with Crippen molar-refractivity contribution in [1.82, 2.24) is 4.90 Å². The highest BCUT2D eigenvalue weighted by Gasteiger charge is 2.51. The molecule has 1 amide bonds. The lowest BCUT2D eigenvalue weighted by molar-refractivity contribution is -0.118. The first-order valence-corrected chi connectivity index (χ1v) is 8.30. The van der Waals surface area contributed by atoms with Gasteiger partial charge >= 0.3 is 6.09 Å². The number of carbonyl (C=O) groups excluding carboxylic acids is 1. The van der Waals surface area contributed by atoms with E-state index >= 15 is 0 Å². The number of amides is 1. The summed E-state index contributed by atoms with van der Waals surface area (Å²) in [6, 6.07) is 7.55. The average Bonchev–Trinajstić information content (AvgIpc) is 2.59. The standard InChI is InChI=1S/C18H25NO4/c1-22-15-9-4-3-7-13(15)16-14-8-5-6-10-18(14,21)11-12-19(16)17(20)23-2/h3-4,7,9,14,16,21H,5-6,8,10-12H2,1-2H3/t14-,16-,18+/m1/s1. The van der Waals surface area contributed by atoms with Crippen LogP contribution in [0.4, 0.5) is 4.79 Å². The lowest BCUT2D eigenvalue weighted by Crippen LogP contribution is -2.56. The molecule has 126 valence electrons. The number of carbonyl (C=O) groups is 1. The van der Waals surface area contributed by atoms with Crippen LogP contribution in [0, 0.1) is 5.92 Å². The van der Waals surface area contributed by atoms with Gasteiger partial charge in [-0.05, 0) is 25.3 Å². The van der Waals surface area contributed by atoms with Crippen LogP contribution >= 0.6 is 0 Å². The molecule has 1 N–H and O–H groups in total. The van der Waals surface area contributed by atoms with Crippen molar-refractivity contribution in [2.75, 3.05) is 20.8 Å². The third kappa shape index (κ3) is 2.78. The van der Waals surface area contributed by atoms with E-state index in [9.17, 15) is 9.90 Å². The first-order chi connectivity index (χ1) is 11.1. The lowest BCUT2D eigenvalue weighted by atomic mass is 9.66. The van der Waals surface area contributed by atoms with Gasteiger partial charge in [-0.25, -0.2) is 4.79 Å². The Kier molecular flexibility index (Phi) is 4.48. The second-order valence-electron chi connectivity index (χ2n) is 6.56. The molecule has 0 radical (unpaired) electrons. The van der Waals surface area contributed by atoms with Gasteiger partial charge in [-0.3, -0.25) is 0 Å². The highest BCUT2D eigenvalue weighted by molar-refractivity contribution is 5.69. The van der Waals surface area contributed by atoms with Gasteiger partial charge in [0.2, 0.25) is 0 Å². The molecule has 1 heterocycles. The number of benzene rings is 1. The zero-order valence-corrected chi connectivity index (χ0v) is 13.8. The van der Waals surface area contributed by atoms with Crippen molar-refractivity contribution in [2.24, 2.45) is 5.92 Å². The molecule has 5 heteroatoms. The summed E-state index contributed by atoms with van der Waals surface area (Å²) in [5.41, 5.74) is 0.249. The molecule has 23 heavy (non-hydrogen) atoms. The van der Waals surface area contributed by atoms with Crippen LogP contribution in [0.25, 0.3) is 0 Å². The summed E-state index contributed by atoms with van der Waals surface area (Å²) in [6.45, 7) is 0.502. The number of rotatable bonds is 2. The summed E-state index contributed by atoms with van der Waals surface area (Å²) in [5.74, 6) is 0.765. The van der Waals surface area contributed by atoms with Crippen molar-refractivity contribution in [1.29, 1.82) is 0 Å². The highest BCUT2D eigenvalue weighted by Crippen LogP contribution is 2.50. The molecule has 0 bridgehead atoms. The van der Waals surface area contributed by atoms with Crippen molar-refractivity contribution in [3.8, 4) is 5.75 Å². The van der Waals surface area contributed by atoms with Gasteiger partial charge < -0.3 is 19.5 Å². The maximum Gasteiger partial charge on any atom is 0.410 e. The van der Waals surface area contributed by atoms with Gasteiger partial charge in [-0.1, -0.05) is 31.0 Å². The minimum atomic E-state index is -0.700. The van der Waals surface area contributed by atoms with Crippen LogP contribution < -0.4 is 4.74 Å². The van der Waals surface area contributed by atoms with Gasteiger partial charge in [0.25, 0.3) is 0 Å². The van der Waals surface area contributed by atoms with Crippen LogP contribution in [0.15, 0.2) is 24.3 Å². The molecular weight excluding hydrogens is 294 g/mol. The topological polar surface area (TPSA) is 59.0 Å². The predicted molar refractivity (Wildman–Crippen MR) is 86.4 cm³/mol. The van der Waals surface area contributed by atoms with Gasteiger partial charge in [0.1, 0.15) is 5.75 Å². The third-order valence-electron chi connectivity index (χ3n) is 5.43. The predicted octanol–water partition coefficient (Wildman–Crippen LogP) is 3.13. The molecule has 1 aromatic carbocycles. The molecule has 0 aromatic heterocycles. The molecule has 0 spiro atoms. The molecule has 5 nitrogen and oxygen atoms in total. The van der Waals surface area contributed by atoms with Crippen molar-refractivity contribution >= 4 is 6.09 Å². The molecule has 2 aliphatic rings. The number of likely N-dealkylation sites (tertiary alicyclic amines) is 1. The van der Waals surface area contributed by atoms with Crippen molar-refractivity contribution in [3.05, 3.63) is 29.8 Å². The SMILES string of the molecule is COC(=O)N1CC[C@@]2(O)CCCC[C@@H]2[C@H]1c1ccccc1OC. The molecule has 1 aromatic rings. The summed E-state index contributed by atoms with van der Waals surface area (Å²) in [5, 5.41) is 11.1. The number of piperidine rings is 1. The summed E-state index contributed by atoms with van der Waals surface area (Å²) < 4.78 is 10.5. The second kappa shape index (κ2) is 6.40. The number of fused-ring (bicyclic) bond motifs is 1. The Balaban J connectivity index is 2.06. The minimum Gasteiger partial charge on any atom is -0.496 e. The zero-order chi connectivity index (χ0) is 16.4. The van der Waals surface area contributed by atoms with Crippen molar-refractivity contribution in [2.45, 2.75) is 43.7 Å². The minimum absolute atomic E-state index is 0.0143. The Morgan fingerprint density at radius 2 is 2.04 bits per heavy atom. The normalized spacial score (nSPS) is 30.5. The summed E-state index contributed by atoms with van der Waals surface area (Å²) >= 11 is 0. The summed E-state index contributed by atoms with van der Waals surface area (Å²) in [7, 11) is 3.04. The molecule has 1 saturated carbocycles. The number of methoxy groups -OCH3 is 2. The highest BCUT2D eigenvalue weighted by atomic mass is 16.5. The molecule has 3 rings (SSSR count). The smallest absolute Gasteiger partial charge is 0.410 e. The molecule has 1 aliphatic carbocycles. The van der Waals surface area contributed by atoms with Gasteiger partial charge in [0.15, 0.2) is 0 Å². The average molecular weight is 319 g/mol. The fourth-order valence-electron chi connectivity index (χ4n) is 4.30. The second-order valence-corrected chi connectivity index (χ2v) is 6.56. The van der Waals surface area contributed by atoms with Crippen LogP contribution in [0.3, 0.4) is 0 Å². The molecule has 0 unspecified atom stereocenters. The largest absolute Gasteiger partial charge is 0.496 e. The van der Waals surface area contributed by atoms with Gasteiger partial charge in [-0.2, -0.15) is 0 Å². The summed E-state index contributed by atoms with van der Waals surface area (Å²) in [6.07, 6.45) is 4.11. The van der Waals surface area contributed by atoms with E-state index in [4.69, 9.17) is 9.47 Å². The Bertz CT molecular complexity index is 576. The van der Waals surface area contributed by atoms with Crippen LogP contribution in [0.1, 0.15) is 43.7 Å². The van der Waals surface area contributed by atoms with E-state index < -0.39 is 5.60 Å². The molecule has 3 atom stereocenters. The molecule has 1 saturated heterocycles. The quantitative estimate of drug-likeness (QED) is 0.910. The van der Waals surface area contributed by atoms with E-state index in [1.807, 2.05) is 24.3 Å². The van der Waals surface area contributed by atoms with Crippen molar-refractivity contribution in [3.63, 3.8) is 0 Å². The third-order valence-corrected chi connectivity index (χ3v) is 5.43. The number of nitrogens with zero attached hydrogens (tertiary/aromatic N) is 1. The Morgan fingerprint density at radius 3 is 2.78 bits per heavy atom. The maximum absolute atomic E-state index is 12.3. The lowest BCUT2D eigenvalue weighted by Gasteiger charge is -2.52. The number of hydrogen-bond donors (Lipinski definition) is 1. The van der Waals surface area contributed by atoms with E-state index in [0.717, 1.165) is 37.0 Å². The van der Waals surface area contributed by atoms with E-state index in [0.29, 0.717) is 13.0 Å². The number of ether oxygens (including phenoxy) is 2. The van der Waals surface area contributed by atoms with E-state index in [2.05, 4.69) is 0 Å². The fourth-order valence-corrected chi connectivity index (χ4v) is 4.30. The Morgan fingerprint density at radius 1 is 1.26 bits per heavy atom. The Hall–Kier alpha value is -1.75. The molecular formula is C18H25NO4. The van der Waals surface area contributed by atoms with Gasteiger partial charge in [-0.15, -0.1) is 0 Å². The van der Waals surface area contributed by atoms with Gasteiger partial charge in [0, 0.05) is 18.0 Å². The van der Waals surface area contributed by atoms with Crippen LogP contribution in [0.5, 0.6) is 5.75 Å². The first kappa shape index (κ1) is 16.1. The number of hydrogen-bond acceptors (Lipinski definition) is 4. The van der Waals surface area contributed by atoms with Gasteiger partial charge in [0.05, 0.1) is 25.9 Å². The monoisotopic (exact) mass is 319 g/mol. The van der Waals surface area contributed by atoms with E-state index in [1.165, 1.54) is 7.11 Å². The molecule has 1 aliphatic heterocycles. The fraction of sp³-hybridized carbons (Fsp3) is 0.611. The van der Waals surface area contributed by atoms with Crippen LogP contribution in [-0.2, 0) is 4.74 Å². The number of para-hydroxylation sites is 1. The Labute approximate surface area is 137 Å². The van der Waals surface area contributed by atoms with Crippen molar-refractivity contribution < 1.29 is 19.4 Å². The van der Waals surface area contributed by atoms with Crippen LogP contribution in [0.2, 0.25) is 0 Å². The zero-order valence-electron chi connectivity index (χ0n) is 13.8. The number of aliphatic hydroxyl groups is 1. The first-order valence-electron chi connectivity index (χ1n) is 8.30. The maximum atomic E-state index is 12.3. The molecule has 2 fully saturated rings. The van der Waals surface area contributed by atoms with Crippen LogP contribution in [-0.4, -0.2) is 42.5 Å².